The first-order chi connectivity index (χ1) is 14.2. The number of nitrogens with zero attached hydrogens (tertiary/aromatic N) is 6. The van der Waals surface area contributed by atoms with Gasteiger partial charge in [-0.1, -0.05) is 49.6 Å². The Labute approximate surface area is 170 Å². The lowest BCUT2D eigenvalue weighted by Crippen LogP contribution is -2.38. The maximum atomic E-state index is 13.2. The number of aryl methyl sites for hydroxylation is 1. The summed E-state index contributed by atoms with van der Waals surface area (Å²) in [7, 11) is 1.95. The fourth-order valence-corrected chi connectivity index (χ4v) is 4.44. The first-order valence-corrected chi connectivity index (χ1v) is 10.2. The molecule has 2 heterocycles. The van der Waals surface area contributed by atoms with E-state index < -0.39 is 0 Å². The Morgan fingerprint density at radius 3 is 2.66 bits per heavy atom. The normalized spacial score (nSPS) is 17.0. The summed E-state index contributed by atoms with van der Waals surface area (Å²) in [5, 5.41) is 14.8. The van der Waals surface area contributed by atoms with Gasteiger partial charge in [-0.2, -0.15) is 0 Å². The summed E-state index contributed by atoms with van der Waals surface area (Å²) in [5.41, 5.74) is 0.911. The smallest absolute Gasteiger partial charge is 0.221 e. The highest BCUT2D eigenvalue weighted by Gasteiger charge is 2.36. The molecule has 2 aromatic heterocycles. The highest BCUT2D eigenvalue weighted by atomic mass is 16.1. The van der Waals surface area contributed by atoms with Gasteiger partial charge in [0.2, 0.25) is 5.91 Å². The van der Waals surface area contributed by atoms with Gasteiger partial charge in [-0.3, -0.25) is 4.79 Å². The number of hydrogen-bond acceptors (Lipinski definition) is 5. The minimum atomic E-state index is -0.280. The lowest BCUT2D eigenvalue weighted by Gasteiger charge is -2.36. The second-order valence-electron chi connectivity index (χ2n) is 8.05. The molecule has 1 aliphatic rings. The maximum Gasteiger partial charge on any atom is 0.221 e. The van der Waals surface area contributed by atoms with Crippen LogP contribution in [0.5, 0.6) is 0 Å². The van der Waals surface area contributed by atoms with Crippen molar-refractivity contribution in [3.8, 4) is 0 Å². The summed E-state index contributed by atoms with van der Waals surface area (Å²) in [4.78, 5) is 17.7. The van der Waals surface area contributed by atoms with E-state index in [1.807, 2.05) is 48.1 Å². The van der Waals surface area contributed by atoms with Crippen molar-refractivity contribution in [3.05, 3.63) is 60.4 Å². The van der Waals surface area contributed by atoms with Crippen LogP contribution in [0.15, 0.2) is 49.1 Å². The predicted molar refractivity (Wildman–Crippen MR) is 108 cm³/mol. The van der Waals surface area contributed by atoms with E-state index in [0.717, 1.165) is 37.1 Å². The van der Waals surface area contributed by atoms with Crippen LogP contribution in [0.1, 0.15) is 56.0 Å². The van der Waals surface area contributed by atoms with E-state index in [1.54, 1.807) is 17.2 Å². The molecular formula is C21H27N7O. The molecule has 1 atom stereocenters. The maximum absolute atomic E-state index is 13.2. The molecule has 1 N–H and O–H groups in total. The quantitative estimate of drug-likeness (QED) is 0.666. The molecule has 4 rings (SSSR count). The average molecular weight is 393 g/mol. The molecule has 8 heteroatoms. The molecule has 152 valence electrons. The number of benzene rings is 1. The Morgan fingerprint density at radius 1 is 1.21 bits per heavy atom. The molecule has 0 aliphatic heterocycles. The molecule has 1 amide bonds. The van der Waals surface area contributed by atoms with E-state index in [1.165, 1.54) is 6.42 Å². The summed E-state index contributed by atoms with van der Waals surface area (Å²) < 4.78 is 3.71. The summed E-state index contributed by atoms with van der Waals surface area (Å²) in [6, 6.07) is 9.71. The summed E-state index contributed by atoms with van der Waals surface area (Å²) in [6.45, 7) is 0.672. The zero-order chi connectivity index (χ0) is 20.1. The van der Waals surface area contributed by atoms with Crippen LogP contribution in [0.25, 0.3) is 0 Å². The van der Waals surface area contributed by atoms with Gasteiger partial charge in [0.15, 0.2) is 0 Å². The SMILES string of the molecule is Cn1ccnc1[C@@H](NC(=O)CC1(Cn2cnnn2)CCCCC1)c1ccccc1. The average Bonchev–Trinajstić information content (AvgIpc) is 3.39. The van der Waals surface area contributed by atoms with E-state index in [9.17, 15) is 4.79 Å². The molecule has 0 bridgehead atoms. The van der Waals surface area contributed by atoms with E-state index in [-0.39, 0.29) is 17.4 Å². The molecule has 0 spiro atoms. The zero-order valence-corrected chi connectivity index (χ0v) is 16.7. The highest BCUT2D eigenvalue weighted by molar-refractivity contribution is 5.77. The van der Waals surface area contributed by atoms with E-state index in [2.05, 4.69) is 25.8 Å². The number of nitrogens with one attached hydrogen (secondary N) is 1. The monoisotopic (exact) mass is 393 g/mol. The molecule has 1 aliphatic carbocycles. The molecule has 8 nitrogen and oxygen atoms in total. The third kappa shape index (κ3) is 4.52. The number of aromatic nitrogens is 6. The number of tetrazole rings is 1. The van der Waals surface area contributed by atoms with Crippen LogP contribution in [0.4, 0.5) is 0 Å². The topological polar surface area (TPSA) is 90.5 Å². The van der Waals surface area contributed by atoms with Gasteiger partial charge in [0, 0.05) is 25.9 Å². The number of amides is 1. The van der Waals surface area contributed by atoms with Gasteiger partial charge in [0.25, 0.3) is 0 Å². The van der Waals surface area contributed by atoms with Crippen molar-refractivity contribution in [2.45, 2.75) is 51.1 Å². The first-order valence-electron chi connectivity index (χ1n) is 10.2. The number of imidazole rings is 1. The Hall–Kier alpha value is -3.03. The summed E-state index contributed by atoms with van der Waals surface area (Å²) in [5.74, 6) is 0.861. The summed E-state index contributed by atoms with van der Waals surface area (Å²) >= 11 is 0. The van der Waals surface area contributed by atoms with Gasteiger partial charge in [-0.25, -0.2) is 9.67 Å². The van der Waals surface area contributed by atoms with Gasteiger partial charge in [-0.05, 0) is 34.2 Å². The second kappa shape index (κ2) is 8.55. The Morgan fingerprint density at radius 2 is 2.00 bits per heavy atom. The lowest BCUT2D eigenvalue weighted by molar-refractivity contribution is -0.125. The van der Waals surface area contributed by atoms with Crippen molar-refractivity contribution in [2.75, 3.05) is 0 Å². The third-order valence-electron chi connectivity index (χ3n) is 5.89. The highest BCUT2D eigenvalue weighted by Crippen LogP contribution is 2.41. The Bertz CT molecular complexity index is 914. The molecule has 0 radical (unpaired) electrons. The minimum absolute atomic E-state index is 0.0387. The van der Waals surface area contributed by atoms with Gasteiger partial charge >= 0.3 is 0 Å². The molecule has 1 saturated carbocycles. The fraction of sp³-hybridized carbons (Fsp3) is 0.476. The van der Waals surface area contributed by atoms with Crippen LogP contribution < -0.4 is 5.32 Å². The Balaban J connectivity index is 1.54. The molecule has 0 unspecified atom stereocenters. The molecule has 1 fully saturated rings. The van der Waals surface area contributed by atoms with Gasteiger partial charge in [0.1, 0.15) is 18.2 Å². The molecule has 0 saturated heterocycles. The van der Waals surface area contributed by atoms with Crippen molar-refractivity contribution < 1.29 is 4.79 Å². The van der Waals surface area contributed by atoms with E-state index >= 15 is 0 Å². The standard InChI is InChI=1S/C21H27N7O/c1-27-13-12-22-20(27)19(17-8-4-2-5-9-17)24-18(29)14-21(10-6-3-7-11-21)15-28-16-23-25-26-28/h2,4-5,8-9,12-13,16,19H,3,6-7,10-11,14-15H2,1H3,(H,24,29)/t19-/m0/s1. The zero-order valence-electron chi connectivity index (χ0n) is 16.7. The van der Waals surface area contributed by atoms with Crippen LogP contribution in [-0.2, 0) is 18.4 Å². The van der Waals surface area contributed by atoms with Gasteiger partial charge in [0.05, 0.1) is 6.54 Å². The van der Waals surface area contributed by atoms with Crippen molar-refractivity contribution in [3.63, 3.8) is 0 Å². The molecule has 1 aromatic carbocycles. The van der Waals surface area contributed by atoms with Crippen LogP contribution in [-0.4, -0.2) is 35.7 Å². The van der Waals surface area contributed by atoms with Crippen molar-refractivity contribution in [1.29, 1.82) is 0 Å². The van der Waals surface area contributed by atoms with Crippen molar-refractivity contribution in [1.82, 2.24) is 35.1 Å². The van der Waals surface area contributed by atoms with Crippen LogP contribution in [0.2, 0.25) is 0 Å². The van der Waals surface area contributed by atoms with E-state index in [0.29, 0.717) is 13.0 Å². The van der Waals surface area contributed by atoms with E-state index in [4.69, 9.17) is 0 Å². The second-order valence-corrected chi connectivity index (χ2v) is 8.05. The fourth-order valence-electron chi connectivity index (χ4n) is 4.44. The summed E-state index contributed by atoms with van der Waals surface area (Å²) in [6.07, 6.45) is 11.3. The van der Waals surface area contributed by atoms with Crippen LogP contribution >= 0.6 is 0 Å². The largest absolute Gasteiger partial charge is 0.342 e. The number of hydrogen-bond donors (Lipinski definition) is 1. The van der Waals surface area contributed by atoms with Crippen LogP contribution in [0.3, 0.4) is 0 Å². The third-order valence-corrected chi connectivity index (χ3v) is 5.89. The van der Waals surface area contributed by atoms with Gasteiger partial charge < -0.3 is 9.88 Å². The number of carbonyl (C=O) groups excluding carboxylic acids is 1. The molecule has 29 heavy (non-hydrogen) atoms. The first kappa shape index (κ1) is 19.3. The molecular weight excluding hydrogens is 366 g/mol. The van der Waals surface area contributed by atoms with Crippen LogP contribution in [0, 0.1) is 5.41 Å². The predicted octanol–water partition coefficient (Wildman–Crippen LogP) is 2.65. The number of rotatable bonds is 7. The molecule has 3 aromatic rings. The lowest BCUT2D eigenvalue weighted by atomic mass is 9.71. The van der Waals surface area contributed by atoms with Gasteiger partial charge in [-0.15, -0.1) is 5.10 Å². The minimum Gasteiger partial charge on any atom is -0.342 e. The van der Waals surface area contributed by atoms with Crippen molar-refractivity contribution in [2.24, 2.45) is 12.5 Å². The number of carbonyl (C=O) groups is 1. The van der Waals surface area contributed by atoms with Crippen molar-refractivity contribution >= 4 is 5.91 Å². The Kier molecular flexibility index (Phi) is 5.69.